The molecule has 0 bridgehead atoms. The van der Waals surface area contributed by atoms with E-state index in [1.54, 1.807) is 12.1 Å². The summed E-state index contributed by atoms with van der Waals surface area (Å²) >= 11 is 6.52. The van der Waals surface area contributed by atoms with E-state index in [2.05, 4.69) is 5.16 Å². The first-order valence-electron chi connectivity index (χ1n) is 11.9. The van der Waals surface area contributed by atoms with Crippen LogP contribution < -0.4 is 0 Å². The zero-order valence-electron chi connectivity index (χ0n) is 19.2. The highest BCUT2D eigenvalue weighted by atomic mass is 35.5. The van der Waals surface area contributed by atoms with Crippen LogP contribution in [0, 0.1) is 12.7 Å². The van der Waals surface area contributed by atoms with E-state index in [1.807, 2.05) is 25.1 Å². The highest BCUT2D eigenvalue weighted by Gasteiger charge is 2.38. The number of hydrogen-bond acceptors (Lipinski definition) is 5. The number of aryl methyl sites for hydroxylation is 1. The lowest BCUT2D eigenvalue weighted by molar-refractivity contribution is -0.0656. The molecule has 2 aliphatic carbocycles. The van der Waals surface area contributed by atoms with E-state index in [9.17, 15) is 14.6 Å². The monoisotopic (exact) mass is 485 g/mol. The maximum absolute atomic E-state index is 14.6. The summed E-state index contributed by atoms with van der Waals surface area (Å²) in [6.45, 7) is 2.14. The standard InChI is InChI=1S/C27H29ClFNO4/c1-16-3-2-4-22(28)24(16)25-20(26(34-30-25)18-6-7-18)15-33-19-9-11-27(32,12-10-19)21-8-5-17(14-31)13-23(21)29/h2-5,8,13,18-19,31-32H,6-7,9-12,14-15H2,1H3. The second-order valence-corrected chi connectivity index (χ2v) is 10.0. The molecule has 0 amide bonds. The third kappa shape index (κ3) is 4.52. The molecular formula is C27H29ClFNO4. The minimum absolute atomic E-state index is 0.0535. The topological polar surface area (TPSA) is 75.7 Å². The fourth-order valence-electron chi connectivity index (χ4n) is 5.00. The van der Waals surface area contributed by atoms with E-state index in [4.69, 9.17) is 20.9 Å². The van der Waals surface area contributed by atoms with Gasteiger partial charge in [-0.15, -0.1) is 0 Å². The van der Waals surface area contributed by atoms with Crippen LogP contribution in [0.4, 0.5) is 4.39 Å². The molecule has 2 N–H and O–H groups in total. The van der Waals surface area contributed by atoms with Crippen molar-refractivity contribution in [3.8, 4) is 11.3 Å². The lowest BCUT2D eigenvalue weighted by atomic mass is 9.78. The molecule has 0 atom stereocenters. The molecule has 1 heterocycles. The normalized spacial score (nSPS) is 22.8. The van der Waals surface area contributed by atoms with Crippen molar-refractivity contribution < 1.29 is 23.9 Å². The largest absolute Gasteiger partial charge is 0.392 e. The molecule has 0 unspecified atom stereocenters. The van der Waals surface area contributed by atoms with Gasteiger partial charge in [0.05, 0.1) is 29.9 Å². The van der Waals surface area contributed by atoms with Crippen molar-refractivity contribution in [1.29, 1.82) is 0 Å². The van der Waals surface area contributed by atoms with E-state index in [0.29, 0.717) is 48.8 Å². The zero-order valence-corrected chi connectivity index (χ0v) is 19.9. The van der Waals surface area contributed by atoms with Gasteiger partial charge in [-0.1, -0.05) is 41.0 Å². The molecule has 7 heteroatoms. The zero-order chi connectivity index (χ0) is 23.9. The van der Waals surface area contributed by atoms with Gasteiger partial charge in [0, 0.05) is 22.6 Å². The van der Waals surface area contributed by atoms with Crippen molar-refractivity contribution in [3.63, 3.8) is 0 Å². The van der Waals surface area contributed by atoms with Gasteiger partial charge in [-0.05, 0) is 68.7 Å². The minimum atomic E-state index is -1.23. The Balaban J connectivity index is 1.30. The Hall–Kier alpha value is -2.25. The van der Waals surface area contributed by atoms with E-state index >= 15 is 0 Å². The summed E-state index contributed by atoms with van der Waals surface area (Å²) in [4.78, 5) is 0. The molecule has 2 fully saturated rings. The van der Waals surface area contributed by atoms with E-state index in [1.165, 1.54) is 6.07 Å². The van der Waals surface area contributed by atoms with Crippen LogP contribution in [-0.4, -0.2) is 21.5 Å². The van der Waals surface area contributed by atoms with Crippen molar-refractivity contribution in [3.05, 3.63) is 75.3 Å². The number of hydrogen-bond donors (Lipinski definition) is 2. The SMILES string of the molecule is Cc1cccc(Cl)c1-c1noc(C2CC2)c1COC1CCC(O)(c2ccc(CO)cc2F)CC1. The van der Waals surface area contributed by atoms with Gasteiger partial charge in [-0.2, -0.15) is 0 Å². The number of nitrogens with zero attached hydrogens (tertiary/aromatic N) is 1. The first kappa shape index (κ1) is 23.5. The maximum Gasteiger partial charge on any atom is 0.145 e. The Labute approximate surface area is 203 Å². The predicted molar refractivity (Wildman–Crippen MR) is 127 cm³/mol. The van der Waals surface area contributed by atoms with Crippen LogP contribution in [0.3, 0.4) is 0 Å². The lowest BCUT2D eigenvalue weighted by Gasteiger charge is -2.36. The van der Waals surface area contributed by atoms with Crippen LogP contribution in [0.1, 0.15) is 72.5 Å². The summed E-state index contributed by atoms with van der Waals surface area (Å²) in [5.41, 5.74) is 3.14. The summed E-state index contributed by atoms with van der Waals surface area (Å²) in [7, 11) is 0. The Bertz CT molecular complexity index is 1160. The van der Waals surface area contributed by atoms with Gasteiger partial charge in [0.15, 0.2) is 0 Å². The van der Waals surface area contributed by atoms with Crippen LogP contribution in [-0.2, 0) is 23.6 Å². The summed E-state index contributed by atoms with van der Waals surface area (Å²) in [5.74, 6) is 0.781. The van der Waals surface area contributed by atoms with Gasteiger partial charge < -0.3 is 19.5 Å². The average Bonchev–Trinajstić information content (AvgIpc) is 3.59. The second-order valence-electron chi connectivity index (χ2n) is 9.59. The van der Waals surface area contributed by atoms with Crippen LogP contribution in [0.15, 0.2) is 40.9 Å². The third-order valence-corrected chi connectivity index (χ3v) is 7.48. The minimum Gasteiger partial charge on any atom is -0.392 e. The van der Waals surface area contributed by atoms with Gasteiger partial charge in [0.1, 0.15) is 17.3 Å². The molecule has 0 saturated heterocycles. The molecule has 2 saturated carbocycles. The number of halogens is 2. The van der Waals surface area contributed by atoms with Crippen molar-refractivity contribution in [1.82, 2.24) is 5.16 Å². The molecule has 0 radical (unpaired) electrons. The molecule has 5 nitrogen and oxygen atoms in total. The van der Waals surface area contributed by atoms with Gasteiger partial charge >= 0.3 is 0 Å². The summed E-state index contributed by atoms with van der Waals surface area (Å²) in [5, 5.41) is 25.4. The molecule has 5 rings (SSSR count). The van der Waals surface area contributed by atoms with E-state index < -0.39 is 11.4 Å². The molecule has 3 aromatic rings. The Morgan fingerprint density at radius 2 is 1.94 bits per heavy atom. The first-order chi connectivity index (χ1) is 16.4. The van der Waals surface area contributed by atoms with Crippen LogP contribution >= 0.6 is 11.6 Å². The quantitative estimate of drug-likeness (QED) is 0.419. The van der Waals surface area contributed by atoms with Crippen LogP contribution in [0.25, 0.3) is 11.3 Å². The van der Waals surface area contributed by atoms with E-state index in [-0.39, 0.29) is 18.3 Å². The lowest BCUT2D eigenvalue weighted by Crippen LogP contribution is -2.35. The molecule has 180 valence electrons. The van der Waals surface area contributed by atoms with Crippen LogP contribution in [0.2, 0.25) is 5.02 Å². The fraction of sp³-hybridized carbons (Fsp3) is 0.444. The van der Waals surface area contributed by atoms with Crippen LogP contribution in [0.5, 0.6) is 0 Å². The Morgan fingerprint density at radius 3 is 2.59 bits per heavy atom. The smallest absolute Gasteiger partial charge is 0.145 e. The Kier molecular flexibility index (Phi) is 6.51. The van der Waals surface area contributed by atoms with Gasteiger partial charge in [0.25, 0.3) is 0 Å². The first-order valence-corrected chi connectivity index (χ1v) is 12.2. The summed E-state index contributed by atoms with van der Waals surface area (Å²) < 4.78 is 26.6. The van der Waals surface area contributed by atoms with Gasteiger partial charge in [0.2, 0.25) is 0 Å². The molecule has 1 aromatic heterocycles. The third-order valence-electron chi connectivity index (χ3n) is 7.17. The van der Waals surface area contributed by atoms with Crippen molar-refractivity contribution in [2.45, 2.75) is 76.3 Å². The average molecular weight is 486 g/mol. The number of aliphatic hydroxyl groups excluding tert-OH is 1. The van der Waals surface area contributed by atoms with Crippen molar-refractivity contribution in [2.75, 3.05) is 0 Å². The maximum atomic E-state index is 14.6. The molecule has 2 aliphatic rings. The van der Waals surface area contributed by atoms with Crippen molar-refractivity contribution in [2.24, 2.45) is 0 Å². The summed E-state index contributed by atoms with van der Waals surface area (Å²) in [6, 6.07) is 10.3. The Morgan fingerprint density at radius 1 is 1.18 bits per heavy atom. The number of benzene rings is 2. The number of aromatic nitrogens is 1. The fourth-order valence-corrected chi connectivity index (χ4v) is 5.31. The second kappa shape index (κ2) is 9.42. The number of ether oxygens (including phenoxy) is 1. The highest BCUT2D eigenvalue weighted by Crippen LogP contribution is 2.46. The van der Waals surface area contributed by atoms with Gasteiger partial charge in [-0.3, -0.25) is 0 Å². The molecule has 2 aromatic carbocycles. The highest BCUT2D eigenvalue weighted by molar-refractivity contribution is 6.33. The summed E-state index contributed by atoms with van der Waals surface area (Å²) in [6.07, 6.45) is 4.15. The van der Waals surface area contributed by atoms with Gasteiger partial charge in [-0.25, -0.2) is 4.39 Å². The van der Waals surface area contributed by atoms with Crippen molar-refractivity contribution >= 4 is 11.6 Å². The number of aliphatic hydroxyl groups is 2. The number of rotatable bonds is 7. The molecule has 0 aliphatic heterocycles. The molecule has 34 heavy (non-hydrogen) atoms. The molecule has 0 spiro atoms. The predicted octanol–water partition coefficient (Wildman–Crippen LogP) is 6.16. The molecular weight excluding hydrogens is 457 g/mol. The van der Waals surface area contributed by atoms with E-state index in [0.717, 1.165) is 41.0 Å².